The monoisotopic (exact) mass is 293 g/mol. The van der Waals surface area contributed by atoms with Crippen molar-refractivity contribution in [3.8, 4) is 0 Å². The molecule has 2 amide bonds. The molecule has 116 valence electrons. The second kappa shape index (κ2) is 7.26. The number of hydrogen-bond donors (Lipinski definition) is 2. The molecule has 1 unspecified atom stereocenters. The van der Waals surface area contributed by atoms with Crippen molar-refractivity contribution in [2.24, 2.45) is 11.7 Å². The smallest absolute Gasteiger partial charge is 0.257 e. The maximum atomic E-state index is 12.5. The molecule has 0 spiro atoms. The molecule has 1 aromatic heterocycles. The van der Waals surface area contributed by atoms with Gasteiger partial charge in [0.15, 0.2) is 0 Å². The van der Waals surface area contributed by atoms with Crippen LogP contribution in [0.4, 0.5) is 0 Å². The van der Waals surface area contributed by atoms with Crippen molar-refractivity contribution in [3.63, 3.8) is 0 Å². The number of nitrogens with zero attached hydrogens (tertiary/aromatic N) is 1. The number of carbonyl (C=O) groups excluding carboxylic acids is 2. The number of furan rings is 1. The van der Waals surface area contributed by atoms with Crippen LogP contribution in [0.3, 0.4) is 0 Å². The van der Waals surface area contributed by atoms with Gasteiger partial charge in [0.2, 0.25) is 5.91 Å². The Bertz CT molecular complexity index is 498. The second-order valence-corrected chi connectivity index (χ2v) is 5.28. The maximum Gasteiger partial charge on any atom is 0.257 e. The molecule has 1 saturated heterocycles. The molecule has 1 fully saturated rings. The summed E-state index contributed by atoms with van der Waals surface area (Å²) in [6.45, 7) is 4.01. The van der Waals surface area contributed by atoms with Crippen molar-refractivity contribution >= 4 is 11.8 Å². The molecule has 0 saturated carbocycles. The van der Waals surface area contributed by atoms with Gasteiger partial charge < -0.3 is 20.4 Å². The van der Waals surface area contributed by atoms with Gasteiger partial charge in [0.05, 0.1) is 17.7 Å². The number of hydrogen-bond acceptors (Lipinski definition) is 4. The number of amides is 2. The maximum absolute atomic E-state index is 12.5. The lowest BCUT2D eigenvalue weighted by Gasteiger charge is -2.32. The Morgan fingerprint density at radius 2 is 2.33 bits per heavy atom. The zero-order valence-electron chi connectivity index (χ0n) is 12.4. The van der Waals surface area contributed by atoms with Crippen molar-refractivity contribution in [2.45, 2.75) is 26.2 Å². The van der Waals surface area contributed by atoms with Crippen LogP contribution in [0, 0.1) is 5.92 Å². The predicted molar refractivity (Wildman–Crippen MR) is 78.8 cm³/mol. The number of carbonyl (C=O) groups is 2. The normalized spacial score (nSPS) is 18.6. The SMILES string of the molecule is CCc1occc1C(=O)N1CCCC(C(=O)NCCN)C1. The molecule has 2 heterocycles. The van der Waals surface area contributed by atoms with E-state index in [1.807, 2.05) is 6.92 Å². The summed E-state index contributed by atoms with van der Waals surface area (Å²) in [6.07, 6.45) is 3.88. The minimum atomic E-state index is -0.147. The minimum Gasteiger partial charge on any atom is -0.469 e. The fourth-order valence-electron chi connectivity index (χ4n) is 2.69. The molecule has 1 aliphatic rings. The van der Waals surface area contributed by atoms with Gasteiger partial charge in [-0.05, 0) is 18.9 Å². The zero-order valence-corrected chi connectivity index (χ0v) is 12.4. The number of nitrogens with one attached hydrogen (secondary N) is 1. The van der Waals surface area contributed by atoms with Crippen LogP contribution in [0.25, 0.3) is 0 Å². The Morgan fingerprint density at radius 1 is 1.52 bits per heavy atom. The van der Waals surface area contributed by atoms with E-state index in [0.29, 0.717) is 43.9 Å². The van der Waals surface area contributed by atoms with E-state index < -0.39 is 0 Å². The number of nitrogens with two attached hydrogens (primary N) is 1. The number of aryl methyl sites for hydroxylation is 1. The van der Waals surface area contributed by atoms with Crippen LogP contribution in [0.2, 0.25) is 0 Å². The number of rotatable bonds is 5. The molecule has 3 N–H and O–H groups in total. The molecule has 6 heteroatoms. The lowest BCUT2D eigenvalue weighted by atomic mass is 9.96. The quantitative estimate of drug-likeness (QED) is 0.839. The van der Waals surface area contributed by atoms with Gasteiger partial charge in [-0.3, -0.25) is 9.59 Å². The number of likely N-dealkylation sites (tertiary alicyclic amines) is 1. The van der Waals surface area contributed by atoms with E-state index in [0.717, 1.165) is 12.8 Å². The lowest BCUT2D eigenvalue weighted by molar-refractivity contribution is -0.126. The molecule has 0 bridgehead atoms. The van der Waals surface area contributed by atoms with E-state index >= 15 is 0 Å². The van der Waals surface area contributed by atoms with Crippen molar-refractivity contribution in [1.29, 1.82) is 0 Å². The average molecular weight is 293 g/mol. The molecule has 0 radical (unpaired) electrons. The molecule has 6 nitrogen and oxygen atoms in total. The van der Waals surface area contributed by atoms with Gasteiger partial charge >= 0.3 is 0 Å². The van der Waals surface area contributed by atoms with E-state index in [2.05, 4.69) is 5.32 Å². The van der Waals surface area contributed by atoms with Crippen molar-refractivity contribution in [2.75, 3.05) is 26.2 Å². The minimum absolute atomic E-state index is 0.0131. The van der Waals surface area contributed by atoms with Crippen LogP contribution in [0.1, 0.15) is 35.9 Å². The highest BCUT2D eigenvalue weighted by Gasteiger charge is 2.29. The van der Waals surface area contributed by atoms with E-state index in [1.54, 1.807) is 17.2 Å². The molecular weight excluding hydrogens is 270 g/mol. The Hall–Kier alpha value is -1.82. The number of piperidine rings is 1. The fraction of sp³-hybridized carbons (Fsp3) is 0.600. The van der Waals surface area contributed by atoms with Gasteiger partial charge in [0, 0.05) is 32.6 Å². The fourth-order valence-corrected chi connectivity index (χ4v) is 2.69. The third-order valence-electron chi connectivity index (χ3n) is 3.82. The summed E-state index contributed by atoms with van der Waals surface area (Å²) in [5.74, 6) is 0.499. The van der Waals surface area contributed by atoms with Crippen LogP contribution in [0.5, 0.6) is 0 Å². The van der Waals surface area contributed by atoms with Gasteiger partial charge in [-0.25, -0.2) is 0 Å². The highest BCUT2D eigenvalue weighted by Crippen LogP contribution is 2.21. The first-order chi connectivity index (χ1) is 10.2. The summed E-state index contributed by atoms with van der Waals surface area (Å²) in [7, 11) is 0. The largest absolute Gasteiger partial charge is 0.469 e. The van der Waals surface area contributed by atoms with Crippen molar-refractivity contribution in [1.82, 2.24) is 10.2 Å². The third kappa shape index (κ3) is 3.64. The summed E-state index contributed by atoms with van der Waals surface area (Å²) in [6, 6.07) is 1.71. The Kier molecular flexibility index (Phi) is 5.38. The first-order valence-electron chi connectivity index (χ1n) is 7.50. The Labute approximate surface area is 124 Å². The van der Waals surface area contributed by atoms with Crippen LogP contribution in [0.15, 0.2) is 16.7 Å². The summed E-state index contributed by atoms with van der Waals surface area (Å²) in [5, 5.41) is 2.80. The van der Waals surface area contributed by atoms with Crippen LogP contribution in [-0.4, -0.2) is 42.9 Å². The first-order valence-corrected chi connectivity index (χ1v) is 7.50. The summed E-state index contributed by atoms with van der Waals surface area (Å²) in [4.78, 5) is 26.3. The molecule has 1 aromatic rings. The van der Waals surface area contributed by atoms with Gasteiger partial charge in [-0.1, -0.05) is 6.92 Å². The molecular formula is C15H23N3O3. The summed E-state index contributed by atoms with van der Waals surface area (Å²) >= 11 is 0. The zero-order chi connectivity index (χ0) is 15.2. The summed E-state index contributed by atoms with van der Waals surface area (Å²) < 4.78 is 5.31. The highest BCUT2D eigenvalue weighted by atomic mass is 16.3. The van der Waals surface area contributed by atoms with Crippen molar-refractivity contribution in [3.05, 3.63) is 23.7 Å². The lowest BCUT2D eigenvalue weighted by Crippen LogP contribution is -2.46. The first kappa shape index (κ1) is 15.6. The van der Waals surface area contributed by atoms with E-state index in [9.17, 15) is 9.59 Å². The predicted octanol–water partition coefficient (Wildman–Crippen LogP) is 0.769. The van der Waals surface area contributed by atoms with Gasteiger partial charge in [0.25, 0.3) is 5.91 Å². The Morgan fingerprint density at radius 3 is 3.05 bits per heavy atom. The van der Waals surface area contributed by atoms with E-state index in [-0.39, 0.29) is 17.7 Å². The van der Waals surface area contributed by atoms with Crippen molar-refractivity contribution < 1.29 is 14.0 Å². The molecule has 0 aromatic carbocycles. The Balaban J connectivity index is 2.00. The van der Waals surface area contributed by atoms with Gasteiger partial charge in [0.1, 0.15) is 5.76 Å². The average Bonchev–Trinajstić information content (AvgIpc) is 3.00. The van der Waals surface area contributed by atoms with E-state index in [4.69, 9.17) is 10.2 Å². The topological polar surface area (TPSA) is 88.6 Å². The third-order valence-corrected chi connectivity index (χ3v) is 3.82. The van der Waals surface area contributed by atoms with Gasteiger partial charge in [-0.15, -0.1) is 0 Å². The molecule has 1 aliphatic heterocycles. The molecule has 0 aliphatic carbocycles. The van der Waals surface area contributed by atoms with Crippen LogP contribution >= 0.6 is 0 Å². The second-order valence-electron chi connectivity index (χ2n) is 5.28. The van der Waals surface area contributed by atoms with Crippen LogP contribution < -0.4 is 11.1 Å². The summed E-state index contributed by atoms with van der Waals surface area (Å²) in [5.41, 5.74) is 6.00. The molecule has 2 rings (SSSR count). The molecule has 21 heavy (non-hydrogen) atoms. The standard InChI is InChI=1S/C15H23N3O3/c1-2-13-12(5-9-21-13)15(20)18-8-3-4-11(10-18)14(19)17-7-6-16/h5,9,11H,2-4,6-8,10,16H2,1H3,(H,17,19). The van der Waals surface area contributed by atoms with E-state index in [1.165, 1.54) is 0 Å². The van der Waals surface area contributed by atoms with Gasteiger partial charge in [-0.2, -0.15) is 0 Å². The molecule has 1 atom stereocenters. The highest BCUT2D eigenvalue weighted by molar-refractivity contribution is 5.95. The van der Waals surface area contributed by atoms with Crippen LogP contribution in [-0.2, 0) is 11.2 Å².